The van der Waals surface area contributed by atoms with Crippen molar-refractivity contribution in [1.29, 1.82) is 0 Å². The topological polar surface area (TPSA) is 128 Å². The summed E-state index contributed by atoms with van der Waals surface area (Å²) < 4.78 is 60.1. The van der Waals surface area contributed by atoms with Gasteiger partial charge in [0.05, 0.1) is 16.3 Å². The smallest absolute Gasteiger partial charge is 0.475 e. The molecule has 13 heteroatoms. The van der Waals surface area contributed by atoms with Crippen molar-refractivity contribution in [3.8, 4) is 0 Å². The number of alkyl halides is 3. The van der Waals surface area contributed by atoms with Crippen LogP contribution in [-0.4, -0.2) is 63.8 Å². The number of anilines is 2. The van der Waals surface area contributed by atoms with Crippen LogP contribution in [0.4, 0.5) is 24.5 Å². The Hall–Kier alpha value is -3.32. The molecule has 192 valence electrons. The maximum atomic E-state index is 12.9. The quantitative estimate of drug-likeness (QED) is 0.465. The summed E-state index contributed by atoms with van der Waals surface area (Å²) in [5, 5.41) is 13.2. The number of hydrogen-bond donors (Lipinski definition) is 4. The van der Waals surface area contributed by atoms with E-state index in [2.05, 4.69) is 20.3 Å². The van der Waals surface area contributed by atoms with Crippen LogP contribution in [0.3, 0.4) is 0 Å². The average molecular weight is 517 g/mol. The number of carboxylic acid groups (broad SMARTS) is 1. The third kappa shape index (κ3) is 8.44. The molecular weight excluding hydrogens is 489 g/mol. The molecule has 0 aliphatic carbocycles. The first-order chi connectivity index (χ1) is 16.3. The Bertz CT molecular complexity index is 1120. The Labute approximate surface area is 201 Å². The second-order valence-corrected chi connectivity index (χ2v) is 9.50. The van der Waals surface area contributed by atoms with Gasteiger partial charge in [0.2, 0.25) is 0 Å². The number of aliphatic carboxylic acids is 1. The third-order valence-electron chi connectivity index (χ3n) is 4.68. The normalized spacial score (nSPS) is 14.1. The lowest BCUT2D eigenvalue weighted by atomic mass is 10.1. The molecule has 1 saturated heterocycles. The van der Waals surface area contributed by atoms with Crippen molar-refractivity contribution in [2.75, 3.05) is 35.8 Å². The number of piperazine rings is 1. The number of carbonyl (C=O) groups excluding carboxylic acids is 1. The van der Waals surface area contributed by atoms with Crippen LogP contribution in [0, 0.1) is 0 Å². The van der Waals surface area contributed by atoms with Crippen LogP contribution in [0.25, 0.3) is 0 Å². The molecule has 0 spiro atoms. The van der Waals surface area contributed by atoms with Crippen LogP contribution < -0.4 is 20.3 Å². The molecule has 0 unspecified atom stereocenters. The van der Waals surface area contributed by atoms with Gasteiger partial charge in [0.25, 0.3) is 15.9 Å². The van der Waals surface area contributed by atoms with Gasteiger partial charge in [-0.05, 0) is 44.2 Å². The predicted octanol–water partition coefficient (Wildman–Crippen LogP) is 2.67. The summed E-state index contributed by atoms with van der Waals surface area (Å²) in [7, 11) is -3.76. The Morgan fingerprint density at radius 2 is 1.63 bits per heavy atom. The molecule has 0 saturated carbocycles. The number of halogens is 3. The lowest BCUT2D eigenvalue weighted by molar-refractivity contribution is -0.192. The summed E-state index contributed by atoms with van der Waals surface area (Å²) in [4.78, 5) is 23.6. The predicted molar refractivity (Wildman–Crippen MR) is 125 cm³/mol. The lowest BCUT2D eigenvalue weighted by Crippen LogP contribution is -2.43. The molecule has 3 rings (SSSR count). The first-order valence-electron chi connectivity index (χ1n) is 10.6. The molecule has 0 radical (unpaired) electrons. The number of nitrogens with zero attached hydrogens (tertiary/aromatic N) is 1. The van der Waals surface area contributed by atoms with Gasteiger partial charge in [-0.25, -0.2) is 13.2 Å². The Kier molecular flexibility index (Phi) is 9.48. The van der Waals surface area contributed by atoms with Crippen LogP contribution in [0.2, 0.25) is 0 Å². The second kappa shape index (κ2) is 11.9. The van der Waals surface area contributed by atoms with E-state index in [1.54, 1.807) is 42.5 Å². The van der Waals surface area contributed by atoms with Gasteiger partial charge in [-0.3, -0.25) is 9.52 Å². The monoisotopic (exact) mass is 516 g/mol. The van der Waals surface area contributed by atoms with Crippen molar-refractivity contribution >= 4 is 33.3 Å². The number of sulfonamides is 1. The van der Waals surface area contributed by atoms with Gasteiger partial charge >= 0.3 is 12.1 Å². The zero-order valence-corrected chi connectivity index (χ0v) is 19.9. The highest BCUT2D eigenvalue weighted by atomic mass is 32.2. The number of hydrogen-bond acceptors (Lipinski definition) is 6. The van der Waals surface area contributed by atoms with E-state index >= 15 is 0 Å². The van der Waals surface area contributed by atoms with E-state index in [1.165, 1.54) is 0 Å². The van der Waals surface area contributed by atoms with E-state index in [-0.39, 0.29) is 16.8 Å². The fourth-order valence-corrected chi connectivity index (χ4v) is 4.18. The van der Waals surface area contributed by atoms with E-state index in [0.29, 0.717) is 11.3 Å². The number of benzene rings is 2. The van der Waals surface area contributed by atoms with Crippen LogP contribution in [-0.2, 0) is 14.8 Å². The molecule has 1 fully saturated rings. The van der Waals surface area contributed by atoms with Crippen molar-refractivity contribution in [1.82, 2.24) is 10.6 Å². The number of nitrogens with one attached hydrogen (secondary N) is 3. The zero-order chi connectivity index (χ0) is 26.2. The fourth-order valence-electron chi connectivity index (χ4n) is 3.09. The minimum atomic E-state index is -5.08. The van der Waals surface area contributed by atoms with Gasteiger partial charge in [-0.15, -0.1) is 0 Å². The summed E-state index contributed by atoms with van der Waals surface area (Å²) in [6.45, 7) is 6.92. The lowest BCUT2D eigenvalue weighted by Gasteiger charge is -2.31. The molecule has 35 heavy (non-hydrogen) atoms. The van der Waals surface area contributed by atoms with E-state index in [1.807, 2.05) is 19.9 Å². The standard InChI is InChI=1S/C20H26N4O3S.C2HF3O2/c1-15(2)22-20(25)16-8-9-19(24-12-10-21-11-13-24)18(14-16)23-28(26,27)17-6-4-3-5-7-17;3-2(4,5)1(6)7/h3-9,14-15,21,23H,10-13H2,1-2H3,(H,22,25);(H,6,7). The van der Waals surface area contributed by atoms with Crippen molar-refractivity contribution in [2.45, 2.75) is 31.0 Å². The van der Waals surface area contributed by atoms with Gasteiger partial charge in [0, 0.05) is 37.8 Å². The van der Waals surface area contributed by atoms with Crippen molar-refractivity contribution in [2.24, 2.45) is 0 Å². The first kappa shape index (κ1) is 27.9. The van der Waals surface area contributed by atoms with Crippen molar-refractivity contribution in [3.63, 3.8) is 0 Å². The highest BCUT2D eigenvalue weighted by Crippen LogP contribution is 2.30. The minimum absolute atomic E-state index is 0.00944. The van der Waals surface area contributed by atoms with E-state index in [0.717, 1.165) is 31.9 Å². The number of carbonyl (C=O) groups is 2. The molecular formula is C22H27F3N4O5S. The Balaban J connectivity index is 0.000000540. The highest BCUT2D eigenvalue weighted by Gasteiger charge is 2.38. The van der Waals surface area contributed by atoms with Crippen LogP contribution >= 0.6 is 0 Å². The minimum Gasteiger partial charge on any atom is -0.475 e. The molecule has 1 aliphatic heterocycles. The molecule has 0 atom stereocenters. The summed E-state index contributed by atoms with van der Waals surface area (Å²) in [6, 6.07) is 13.3. The number of carboxylic acids is 1. The summed E-state index contributed by atoms with van der Waals surface area (Å²) in [5.41, 5.74) is 1.59. The van der Waals surface area contributed by atoms with E-state index in [4.69, 9.17) is 9.90 Å². The number of rotatable bonds is 6. The van der Waals surface area contributed by atoms with E-state index < -0.39 is 22.2 Å². The molecule has 9 nitrogen and oxygen atoms in total. The molecule has 0 bridgehead atoms. The van der Waals surface area contributed by atoms with Crippen molar-refractivity contribution in [3.05, 3.63) is 54.1 Å². The molecule has 2 aromatic rings. The fraction of sp³-hybridized carbons (Fsp3) is 0.364. The number of amides is 1. The summed E-state index contributed by atoms with van der Waals surface area (Å²) in [6.07, 6.45) is -5.08. The second-order valence-electron chi connectivity index (χ2n) is 7.82. The Morgan fingerprint density at radius 1 is 1.06 bits per heavy atom. The van der Waals surface area contributed by atoms with Gasteiger partial charge in [0.1, 0.15) is 0 Å². The molecule has 1 amide bonds. The first-order valence-corrected chi connectivity index (χ1v) is 12.1. The molecule has 1 heterocycles. The molecule has 1 aliphatic rings. The maximum Gasteiger partial charge on any atom is 0.490 e. The van der Waals surface area contributed by atoms with Crippen molar-refractivity contribution < 1.29 is 36.3 Å². The highest BCUT2D eigenvalue weighted by molar-refractivity contribution is 7.92. The van der Waals surface area contributed by atoms with Crippen LogP contribution in [0.15, 0.2) is 53.4 Å². The molecule has 4 N–H and O–H groups in total. The largest absolute Gasteiger partial charge is 0.490 e. The average Bonchev–Trinajstić information content (AvgIpc) is 2.79. The van der Waals surface area contributed by atoms with E-state index in [9.17, 15) is 26.4 Å². The van der Waals surface area contributed by atoms with Gasteiger partial charge in [-0.2, -0.15) is 13.2 Å². The van der Waals surface area contributed by atoms with Crippen LogP contribution in [0.5, 0.6) is 0 Å². The SMILES string of the molecule is CC(C)NC(=O)c1ccc(N2CCNCC2)c(NS(=O)(=O)c2ccccc2)c1.O=C(O)C(F)(F)F. The molecule has 0 aromatic heterocycles. The zero-order valence-electron chi connectivity index (χ0n) is 19.1. The Morgan fingerprint density at radius 3 is 2.14 bits per heavy atom. The van der Waals surface area contributed by atoms with Crippen LogP contribution in [0.1, 0.15) is 24.2 Å². The summed E-state index contributed by atoms with van der Waals surface area (Å²) >= 11 is 0. The maximum absolute atomic E-state index is 12.9. The van der Waals surface area contributed by atoms with Gasteiger partial charge < -0.3 is 20.6 Å². The van der Waals surface area contributed by atoms with Gasteiger partial charge in [-0.1, -0.05) is 18.2 Å². The molecule has 2 aromatic carbocycles. The van der Waals surface area contributed by atoms with Gasteiger partial charge in [0.15, 0.2) is 0 Å². The summed E-state index contributed by atoms with van der Waals surface area (Å²) in [5.74, 6) is -2.99. The third-order valence-corrected chi connectivity index (χ3v) is 6.06.